The van der Waals surface area contributed by atoms with Crippen molar-refractivity contribution in [3.8, 4) is 0 Å². The second kappa shape index (κ2) is 6.32. The van der Waals surface area contributed by atoms with Gasteiger partial charge in [-0.2, -0.15) is 0 Å². The van der Waals surface area contributed by atoms with Crippen LogP contribution < -0.4 is 11.3 Å². The molecule has 2 unspecified atom stereocenters. The zero-order valence-electron chi connectivity index (χ0n) is 12.2. The Labute approximate surface area is 111 Å². The molecule has 3 N–H and O–H groups in total. The number of rotatable bonds is 6. The zero-order valence-corrected chi connectivity index (χ0v) is 12.2. The molecule has 0 aliphatic carbocycles. The van der Waals surface area contributed by atoms with Crippen LogP contribution in [0.2, 0.25) is 0 Å². The number of nitrogens with two attached hydrogens (primary N) is 1. The normalized spacial score (nSPS) is 16.3. The van der Waals surface area contributed by atoms with E-state index in [1.54, 1.807) is 7.11 Å². The van der Waals surface area contributed by atoms with Crippen molar-refractivity contribution in [1.29, 1.82) is 0 Å². The van der Waals surface area contributed by atoms with E-state index in [-0.39, 0.29) is 11.6 Å². The number of hydrogen-bond acceptors (Lipinski definition) is 3. The minimum Gasteiger partial charge on any atom is -0.377 e. The molecular formula is C15H26N2O. The first-order valence-corrected chi connectivity index (χ1v) is 6.54. The maximum absolute atomic E-state index is 5.70. The molecule has 0 saturated carbocycles. The van der Waals surface area contributed by atoms with E-state index in [1.807, 2.05) is 0 Å². The molecule has 0 amide bonds. The molecule has 0 aliphatic heterocycles. The molecular weight excluding hydrogens is 224 g/mol. The van der Waals surface area contributed by atoms with Crippen LogP contribution in [0.1, 0.15) is 37.0 Å². The smallest absolute Gasteiger partial charge is 0.0817 e. The molecule has 1 rings (SSSR count). The third-order valence-electron chi connectivity index (χ3n) is 4.12. The second-order valence-corrected chi connectivity index (χ2v) is 5.21. The van der Waals surface area contributed by atoms with Crippen molar-refractivity contribution in [2.75, 3.05) is 7.11 Å². The van der Waals surface area contributed by atoms with Gasteiger partial charge in [-0.15, -0.1) is 0 Å². The van der Waals surface area contributed by atoms with E-state index in [9.17, 15) is 0 Å². The lowest BCUT2D eigenvalue weighted by Gasteiger charge is -2.35. The first-order chi connectivity index (χ1) is 8.46. The Bertz CT molecular complexity index is 386. The Morgan fingerprint density at radius 3 is 2.44 bits per heavy atom. The number of aryl methyl sites for hydroxylation is 2. The summed E-state index contributed by atoms with van der Waals surface area (Å²) in [7, 11) is 1.74. The minimum atomic E-state index is -0.243. The van der Waals surface area contributed by atoms with Gasteiger partial charge in [0, 0.05) is 7.11 Å². The van der Waals surface area contributed by atoms with Gasteiger partial charge < -0.3 is 4.74 Å². The molecule has 1 aromatic carbocycles. The monoisotopic (exact) mass is 250 g/mol. The van der Waals surface area contributed by atoms with Crippen LogP contribution in [0.4, 0.5) is 0 Å². The summed E-state index contributed by atoms with van der Waals surface area (Å²) < 4.78 is 5.62. The van der Waals surface area contributed by atoms with E-state index in [2.05, 4.69) is 51.3 Å². The molecule has 1 aromatic rings. The number of methoxy groups -OCH3 is 1. The summed E-state index contributed by atoms with van der Waals surface area (Å²) in [4.78, 5) is 0. The van der Waals surface area contributed by atoms with E-state index in [0.717, 1.165) is 12.8 Å². The molecule has 3 nitrogen and oxygen atoms in total. The lowest BCUT2D eigenvalue weighted by Crippen LogP contribution is -2.53. The fourth-order valence-corrected chi connectivity index (χ4v) is 2.15. The standard InChI is InChI=1S/C15H26N2O/c1-6-15(4,18-5)14(17-16)10-13-8-7-11(2)12(3)9-13/h7-9,14,17H,6,10,16H2,1-5H3. The Hall–Kier alpha value is -0.900. The first kappa shape index (κ1) is 15.2. The summed E-state index contributed by atoms with van der Waals surface area (Å²) in [5, 5.41) is 0. The van der Waals surface area contributed by atoms with Crippen LogP contribution >= 0.6 is 0 Å². The third-order valence-corrected chi connectivity index (χ3v) is 4.12. The maximum atomic E-state index is 5.70. The van der Waals surface area contributed by atoms with Crippen molar-refractivity contribution in [3.63, 3.8) is 0 Å². The second-order valence-electron chi connectivity index (χ2n) is 5.21. The average molecular weight is 250 g/mol. The van der Waals surface area contributed by atoms with Crippen molar-refractivity contribution >= 4 is 0 Å². The topological polar surface area (TPSA) is 47.3 Å². The van der Waals surface area contributed by atoms with E-state index in [4.69, 9.17) is 10.6 Å². The van der Waals surface area contributed by atoms with Crippen LogP contribution in [-0.2, 0) is 11.2 Å². The zero-order chi connectivity index (χ0) is 13.8. The van der Waals surface area contributed by atoms with Crippen LogP contribution in [0.3, 0.4) is 0 Å². The molecule has 0 spiro atoms. The van der Waals surface area contributed by atoms with Crippen LogP contribution in [0, 0.1) is 13.8 Å². The van der Waals surface area contributed by atoms with E-state index >= 15 is 0 Å². The lowest BCUT2D eigenvalue weighted by atomic mass is 9.88. The molecule has 102 valence electrons. The molecule has 18 heavy (non-hydrogen) atoms. The number of ether oxygens (including phenoxy) is 1. The lowest BCUT2D eigenvalue weighted by molar-refractivity contribution is -0.0288. The van der Waals surface area contributed by atoms with E-state index in [0.29, 0.717) is 0 Å². The van der Waals surface area contributed by atoms with Crippen molar-refractivity contribution in [2.45, 2.75) is 52.2 Å². The highest BCUT2D eigenvalue weighted by molar-refractivity contribution is 5.30. The predicted octanol–water partition coefficient (Wildman–Crippen LogP) is 2.49. The molecule has 0 radical (unpaired) electrons. The summed E-state index contributed by atoms with van der Waals surface area (Å²) in [6.45, 7) is 8.48. The molecule has 0 aromatic heterocycles. The minimum absolute atomic E-state index is 0.106. The van der Waals surface area contributed by atoms with Gasteiger partial charge in [0.15, 0.2) is 0 Å². The fraction of sp³-hybridized carbons (Fsp3) is 0.600. The van der Waals surface area contributed by atoms with Gasteiger partial charge >= 0.3 is 0 Å². The van der Waals surface area contributed by atoms with Crippen molar-refractivity contribution in [2.24, 2.45) is 5.84 Å². The maximum Gasteiger partial charge on any atom is 0.0817 e. The molecule has 0 fully saturated rings. The van der Waals surface area contributed by atoms with Crippen LogP contribution in [0.5, 0.6) is 0 Å². The predicted molar refractivity (Wildman–Crippen MR) is 76.4 cm³/mol. The Morgan fingerprint density at radius 1 is 1.33 bits per heavy atom. The summed E-state index contributed by atoms with van der Waals surface area (Å²) in [6.07, 6.45) is 1.79. The summed E-state index contributed by atoms with van der Waals surface area (Å²) in [5.41, 5.74) is 6.59. The molecule has 2 atom stereocenters. The first-order valence-electron chi connectivity index (χ1n) is 6.54. The fourth-order valence-electron chi connectivity index (χ4n) is 2.15. The van der Waals surface area contributed by atoms with Crippen LogP contribution in [0.25, 0.3) is 0 Å². The van der Waals surface area contributed by atoms with Crippen molar-refractivity contribution in [1.82, 2.24) is 5.43 Å². The van der Waals surface area contributed by atoms with Gasteiger partial charge in [-0.3, -0.25) is 11.3 Å². The van der Waals surface area contributed by atoms with Gasteiger partial charge in [-0.25, -0.2) is 0 Å². The van der Waals surface area contributed by atoms with E-state index < -0.39 is 0 Å². The molecule has 0 aliphatic rings. The Balaban J connectivity index is 2.88. The Kier molecular flexibility index (Phi) is 5.32. The number of benzene rings is 1. The van der Waals surface area contributed by atoms with Gasteiger partial charge in [0.1, 0.15) is 0 Å². The number of nitrogens with one attached hydrogen (secondary N) is 1. The summed E-state index contributed by atoms with van der Waals surface area (Å²) in [6, 6.07) is 6.66. The third kappa shape index (κ3) is 3.31. The Morgan fingerprint density at radius 2 is 2.00 bits per heavy atom. The highest BCUT2D eigenvalue weighted by atomic mass is 16.5. The molecule has 0 saturated heterocycles. The highest BCUT2D eigenvalue weighted by Crippen LogP contribution is 2.22. The van der Waals surface area contributed by atoms with Crippen LogP contribution in [-0.4, -0.2) is 18.8 Å². The van der Waals surface area contributed by atoms with Gasteiger partial charge in [0.2, 0.25) is 0 Å². The molecule has 0 bridgehead atoms. The van der Waals surface area contributed by atoms with Gasteiger partial charge in [-0.1, -0.05) is 25.1 Å². The van der Waals surface area contributed by atoms with Gasteiger partial charge in [-0.05, 0) is 50.3 Å². The number of hydrazine groups is 1. The molecule has 3 heteroatoms. The van der Waals surface area contributed by atoms with Gasteiger partial charge in [0.05, 0.1) is 11.6 Å². The SMILES string of the molecule is CCC(C)(OC)C(Cc1ccc(C)c(C)c1)NN. The van der Waals surface area contributed by atoms with Gasteiger partial charge in [0.25, 0.3) is 0 Å². The quantitative estimate of drug-likeness (QED) is 0.602. The summed E-state index contributed by atoms with van der Waals surface area (Å²) in [5.74, 6) is 5.70. The average Bonchev–Trinajstić information content (AvgIpc) is 2.39. The van der Waals surface area contributed by atoms with E-state index in [1.165, 1.54) is 16.7 Å². The van der Waals surface area contributed by atoms with Crippen LogP contribution in [0.15, 0.2) is 18.2 Å². The summed E-state index contributed by atoms with van der Waals surface area (Å²) >= 11 is 0. The highest BCUT2D eigenvalue weighted by Gasteiger charge is 2.31. The van der Waals surface area contributed by atoms with Crippen molar-refractivity contribution < 1.29 is 4.74 Å². The van der Waals surface area contributed by atoms with Crippen molar-refractivity contribution in [3.05, 3.63) is 34.9 Å². The largest absolute Gasteiger partial charge is 0.377 e. The molecule has 0 heterocycles. The number of hydrogen-bond donors (Lipinski definition) is 2.